The first-order chi connectivity index (χ1) is 11.3. The van der Waals surface area contributed by atoms with Crippen LogP contribution in [-0.4, -0.2) is 56.4 Å². The van der Waals surface area contributed by atoms with Gasteiger partial charge in [-0.1, -0.05) is 30.3 Å². The highest BCUT2D eigenvalue weighted by atomic mass is 32.1. The first-order valence-corrected chi connectivity index (χ1v) is 7.50. The second-order valence-corrected chi connectivity index (χ2v) is 5.54. The molecule has 126 valence electrons. The Kier molecular flexibility index (Phi) is 5.35. The number of ketones is 1. The number of amides is 3. The van der Waals surface area contributed by atoms with E-state index >= 15 is 0 Å². The van der Waals surface area contributed by atoms with Crippen molar-refractivity contribution in [3.8, 4) is 0 Å². The Morgan fingerprint density at radius 1 is 1.12 bits per heavy atom. The molecule has 1 aromatic carbocycles. The Hall–Kier alpha value is -2.68. The van der Waals surface area contributed by atoms with Crippen molar-refractivity contribution in [3.05, 3.63) is 35.9 Å². The summed E-state index contributed by atoms with van der Waals surface area (Å²) in [5.74, 6) is -4.51. The fourth-order valence-corrected chi connectivity index (χ4v) is 2.51. The van der Waals surface area contributed by atoms with E-state index < -0.39 is 41.3 Å². The van der Waals surface area contributed by atoms with Gasteiger partial charge < -0.3 is 5.11 Å². The maximum Gasteiger partial charge on any atom is 0.325 e. The molecule has 0 aliphatic carbocycles. The lowest BCUT2D eigenvalue weighted by molar-refractivity contribution is -0.171. The maximum atomic E-state index is 12.5. The zero-order valence-electron chi connectivity index (χ0n) is 12.4. The molecule has 0 spiro atoms. The molecule has 0 unspecified atom stereocenters. The number of benzene rings is 1. The van der Waals surface area contributed by atoms with Gasteiger partial charge in [0.1, 0.15) is 11.8 Å². The Labute approximate surface area is 142 Å². The fraction of sp³-hybridized carbons (Fsp3) is 0.267. The standard InChI is InChI=1S/C15H14N2O6S/c18-10-6-7-11(19)17(10)16(8-12(20)21)15(23)14(24)13(22)9-4-2-1-3-5-9/h1-5,14,24H,6-8H2,(H,20,21)/t14-/m0/s1. The SMILES string of the molecule is O=C(O)CN(C(=O)[C@@H](S)C(=O)c1ccccc1)N1C(=O)CCC1=O. The number of hydrazine groups is 1. The van der Waals surface area contributed by atoms with Crippen LogP contribution in [0.4, 0.5) is 0 Å². The molecule has 1 aromatic rings. The smallest absolute Gasteiger partial charge is 0.325 e. The molecular weight excluding hydrogens is 336 g/mol. The summed E-state index contributed by atoms with van der Waals surface area (Å²) >= 11 is 3.96. The highest BCUT2D eigenvalue weighted by Crippen LogP contribution is 2.18. The number of imide groups is 1. The van der Waals surface area contributed by atoms with Crippen LogP contribution in [0.2, 0.25) is 0 Å². The number of aliphatic carboxylic acids is 1. The number of thiol groups is 1. The summed E-state index contributed by atoms with van der Waals surface area (Å²) in [4.78, 5) is 59.3. The van der Waals surface area contributed by atoms with Gasteiger partial charge in [-0.3, -0.25) is 24.0 Å². The van der Waals surface area contributed by atoms with Gasteiger partial charge in [0.2, 0.25) is 11.8 Å². The maximum absolute atomic E-state index is 12.5. The molecule has 1 saturated heterocycles. The number of carboxylic acids is 1. The molecule has 1 N–H and O–H groups in total. The van der Waals surface area contributed by atoms with E-state index in [0.29, 0.717) is 10.0 Å². The van der Waals surface area contributed by atoms with Gasteiger partial charge in [-0.2, -0.15) is 17.6 Å². The third kappa shape index (κ3) is 3.62. The van der Waals surface area contributed by atoms with Gasteiger partial charge in [0, 0.05) is 18.4 Å². The lowest BCUT2D eigenvalue weighted by atomic mass is 10.1. The van der Waals surface area contributed by atoms with Crippen LogP contribution in [0, 0.1) is 0 Å². The third-order valence-electron chi connectivity index (χ3n) is 3.35. The molecule has 9 heteroatoms. The average Bonchev–Trinajstić information content (AvgIpc) is 2.90. The minimum Gasteiger partial charge on any atom is -0.480 e. The summed E-state index contributed by atoms with van der Waals surface area (Å²) in [6, 6.07) is 7.84. The van der Waals surface area contributed by atoms with Crippen molar-refractivity contribution in [3.63, 3.8) is 0 Å². The summed E-state index contributed by atoms with van der Waals surface area (Å²) < 4.78 is 0. The minimum atomic E-state index is -1.53. The van der Waals surface area contributed by atoms with E-state index in [1.165, 1.54) is 12.1 Å². The molecule has 0 saturated carbocycles. The number of carbonyl (C=O) groups excluding carboxylic acids is 4. The summed E-state index contributed by atoms with van der Waals surface area (Å²) in [6.07, 6.45) is -0.238. The van der Waals surface area contributed by atoms with Crippen molar-refractivity contribution in [2.75, 3.05) is 6.54 Å². The summed E-state index contributed by atoms with van der Waals surface area (Å²) in [7, 11) is 0. The molecule has 1 aliphatic heterocycles. The molecule has 24 heavy (non-hydrogen) atoms. The van der Waals surface area contributed by atoms with Gasteiger partial charge in [-0.05, 0) is 0 Å². The van der Waals surface area contributed by atoms with Crippen LogP contribution in [0.5, 0.6) is 0 Å². The van der Waals surface area contributed by atoms with Gasteiger partial charge in [0.15, 0.2) is 5.78 Å². The topological polar surface area (TPSA) is 112 Å². The molecule has 0 bridgehead atoms. The second-order valence-electron chi connectivity index (χ2n) is 5.02. The first-order valence-electron chi connectivity index (χ1n) is 6.99. The highest BCUT2D eigenvalue weighted by Gasteiger charge is 2.40. The predicted molar refractivity (Wildman–Crippen MR) is 84.0 cm³/mol. The van der Waals surface area contributed by atoms with Crippen molar-refractivity contribution < 1.29 is 29.1 Å². The van der Waals surface area contributed by atoms with E-state index in [1.807, 2.05) is 0 Å². The normalized spacial score (nSPS) is 15.3. The zero-order chi connectivity index (χ0) is 17.9. The van der Waals surface area contributed by atoms with Crippen LogP contribution in [0.3, 0.4) is 0 Å². The van der Waals surface area contributed by atoms with Crippen molar-refractivity contribution in [1.29, 1.82) is 0 Å². The van der Waals surface area contributed by atoms with Crippen LogP contribution in [0.15, 0.2) is 30.3 Å². The molecule has 0 aromatic heterocycles. The molecule has 1 aliphatic rings. The van der Waals surface area contributed by atoms with E-state index in [2.05, 4.69) is 12.6 Å². The lowest BCUT2D eigenvalue weighted by Crippen LogP contribution is -2.54. The quantitative estimate of drug-likeness (QED) is 0.327. The van der Waals surface area contributed by atoms with Crippen molar-refractivity contribution in [1.82, 2.24) is 10.0 Å². The number of nitrogens with zero attached hydrogens (tertiary/aromatic N) is 2. The van der Waals surface area contributed by atoms with E-state index in [4.69, 9.17) is 5.11 Å². The van der Waals surface area contributed by atoms with Crippen LogP contribution in [0.1, 0.15) is 23.2 Å². The number of rotatable bonds is 6. The fourth-order valence-electron chi connectivity index (χ4n) is 2.22. The molecule has 8 nitrogen and oxygen atoms in total. The largest absolute Gasteiger partial charge is 0.480 e. The van der Waals surface area contributed by atoms with E-state index in [0.717, 1.165) is 0 Å². The van der Waals surface area contributed by atoms with Gasteiger partial charge in [-0.25, -0.2) is 5.01 Å². The van der Waals surface area contributed by atoms with Gasteiger partial charge in [0.05, 0.1) is 0 Å². The van der Waals surface area contributed by atoms with Gasteiger partial charge in [0.25, 0.3) is 5.91 Å². The predicted octanol–water partition coefficient (Wildman–Crippen LogP) is 0.145. The minimum absolute atomic E-state index is 0.119. The van der Waals surface area contributed by atoms with E-state index in [9.17, 15) is 24.0 Å². The number of carboxylic acid groups (broad SMARTS) is 1. The van der Waals surface area contributed by atoms with E-state index in [1.54, 1.807) is 18.2 Å². The first kappa shape index (κ1) is 17.7. The van der Waals surface area contributed by atoms with Gasteiger partial charge >= 0.3 is 5.97 Å². The van der Waals surface area contributed by atoms with Crippen LogP contribution in [-0.2, 0) is 19.2 Å². The summed E-state index contributed by atoms with van der Waals surface area (Å²) in [5, 5.41) is 8.37. The van der Waals surface area contributed by atoms with Gasteiger partial charge in [-0.15, -0.1) is 0 Å². The van der Waals surface area contributed by atoms with Crippen LogP contribution >= 0.6 is 12.6 Å². The highest BCUT2D eigenvalue weighted by molar-refractivity contribution is 7.82. The molecule has 2 rings (SSSR count). The van der Waals surface area contributed by atoms with Crippen molar-refractivity contribution in [2.24, 2.45) is 0 Å². The summed E-state index contributed by atoms with van der Waals surface area (Å²) in [5.41, 5.74) is 0.209. The molecule has 3 amide bonds. The Morgan fingerprint density at radius 2 is 1.67 bits per heavy atom. The third-order valence-corrected chi connectivity index (χ3v) is 3.80. The molecule has 1 heterocycles. The van der Waals surface area contributed by atoms with Crippen LogP contribution in [0.25, 0.3) is 0 Å². The summed E-state index contributed by atoms with van der Waals surface area (Å²) in [6.45, 7) is -0.921. The zero-order valence-corrected chi connectivity index (χ0v) is 13.3. The Balaban J connectivity index is 2.27. The monoisotopic (exact) mass is 350 g/mol. The molecule has 1 fully saturated rings. The van der Waals surface area contributed by atoms with E-state index in [-0.39, 0.29) is 18.4 Å². The Bertz CT molecular complexity index is 689. The van der Waals surface area contributed by atoms with Crippen molar-refractivity contribution in [2.45, 2.75) is 18.1 Å². The Morgan fingerprint density at radius 3 is 2.17 bits per heavy atom. The number of Topliss-reactive ketones (excluding diaryl/α,β-unsaturated/α-hetero) is 1. The lowest BCUT2D eigenvalue weighted by Gasteiger charge is -2.30. The molecule has 1 atom stereocenters. The number of hydrogen-bond donors (Lipinski definition) is 2. The average molecular weight is 350 g/mol. The van der Waals surface area contributed by atoms with Crippen LogP contribution < -0.4 is 0 Å². The van der Waals surface area contributed by atoms with Crippen molar-refractivity contribution >= 4 is 42.1 Å². The molecular formula is C15H14N2O6S. The number of carbonyl (C=O) groups is 5. The molecule has 0 radical (unpaired) electrons. The number of hydrogen-bond acceptors (Lipinski definition) is 6. The second kappa shape index (κ2) is 7.26.